The van der Waals surface area contributed by atoms with Gasteiger partial charge in [-0.05, 0) is 43.2 Å². The first-order valence-corrected chi connectivity index (χ1v) is 12.2. The molecule has 3 atom stereocenters. The lowest BCUT2D eigenvalue weighted by atomic mass is 9.98. The number of hydrogen-bond donors (Lipinski definition) is 1. The van der Waals surface area contributed by atoms with Gasteiger partial charge < -0.3 is 19.6 Å². The van der Waals surface area contributed by atoms with Crippen LogP contribution in [0.25, 0.3) is 11.1 Å². The van der Waals surface area contributed by atoms with E-state index in [1.807, 2.05) is 69.3 Å². The number of nitrogens with zero attached hydrogens (tertiary/aromatic N) is 3. The Balaban J connectivity index is 1.70. The minimum atomic E-state index is -0.403. The number of aromatic nitrogens is 1. The number of amides is 2. The number of hydrogen-bond acceptors (Lipinski definition) is 5. The molecule has 188 valence electrons. The fourth-order valence-electron chi connectivity index (χ4n) is 4.52. The summed E-state index contributed by atoms with van der Waals surface area (Å²) < 4.78 is 6.34. The van der Waals surface area contributed by atoms with E-state index in [0.717, 1.165) is 16.7 Å². The van der Waals surface area contributed by atoms with Crippen LogP contribution in [-0.2, 0) is 0 Å². The summed E-state index contributed by atoms with van der Waals surface area (Å²) in [5.74, 6) is -0.203. The second-order valence-corrected chi connectivity index (χ2v) is 9.57. The van der Waals surface area contributed by atoms with Crippen molar-refractivity contribution in [2.45, 2.75) is 32.9 Å². The van der Waals surface area contributed by atoms with Crippen molar-refractivity contribution in [3.8, 4) is 17.0 Å². The van der Waals surface area contributed by atoms with Gasteiger partial charge in [-0.3, -0.25) is 9.59 Å². The first kappa shape index (κ1) is 25.4. The van der Waals surface area contributed by atoms with Gasteiger partial charge in [0.2, 0.25) is 5.88 Å². The Hall–Kier alpha value is -3.71. The lowest BCUT2D eigenvalue weighted by Gasteiger charge is -2.37. The molecular formula is C29H33N3O4. The number of carbonyl (C=O) groups excluding carboxylic acids is 2. The highest BCUT2D eigenvalue weighted by Gasteiger charge is 2.35. The normalized spacial score (nSPS) is 18.5. The summed E-state index contributed by atoms with van der Waals surface area (Å²) in [5, 5.41) is 9.89. The zero-order chi connectivity index (χ0) is 25.8. The van der Waals surface area contributed by atoms with Crippen molar-refractivity contribution >= 4 is 11.8 Å². The number of fused-ring (bicyclic) bond motifs is 1. The molecule has 36 heavy (non-hydrogen) atoms. The van der Waals surface area contributed by atoms with Crippen LogP contribution < -0.4 is 4.74 Å². The molecule has 1 aliphatic rings. The summed E-state index contributed by atoms with van der Waals surface area (Å²) >= 11 is 0. The highest BCUT2D eigenvalue weighted by Crippen LogP contribution is 2.31. The largest absolute Gasteiger partial charge is 0.472 e. The first-order valence-electron chi connectivity index (χ1n) is 12.2. The molecule has 0 unspecified atom stereocenters. The van der Waals surface area contributed by atoms with E-state index >= 15 is 0 Å². The van der Waals surface area contributed by atoms with E-state index in [4.69, 9.17) is 4.74 Å². The molecule has 0 saturated carbocycles. The van der Waals surface area contributed by atoms with Crippen LogP contribution in [0.15, 0.2) is 66.9 Å². The predicted molar refractivity (Wildman–Crippen MR) is 139 cm³/mol. The van der Waals surface area contributed by atoms with E-state index in [1.165, 1.54) is 0 Å². The van der Waals surface area contributed by atoms with Crippen LogP contribution in [0.5, 0.6) is 5.88 Å². The Morgan fingerprint density at radius 1 is 1.17 bits per heavy atom. The van der Waals surface area contributed by atoms with Crippen molar-refractivity contribution in [3.63, 3.8) is 0 Å². The van der Waals surface area contributed by atoms with Crippen LogP contribution in [0, 0.1) is 12.8 Å². The summed E-state index contributed by atoms with van der Waals surface area (Å²) in [6.07, 6.45) is 1.32. The summed E-state index contributed by atoms with van der Waals surface area (Å²) in [4.78, 5) is 34.5. The molecule has 7 heteroatoms. The van der Waals surface area contributed by atoms with Gasteiger partial charge in [-0.15, -0.1) is 0 Å². The molecule has 0 fully saturated rings. The van der Waals surface area contributed by atoms with Gasteiger partial charge >= 0.3 is 0 Å². The smallest absolute Gasteiger partial charge is 0.259 e. The molecule has 3 aromatic rings. The second-order valence-electron chi connectivity index (χ2n) is 9.57. The molecule has 0 spiro atoms. The number of pyridine rings is 1. The molecule has 2 amide bonds. The molecule has 2 aromatic carbocycles. The van der Waals surface area contributed by atoms with Crippen LogP contribution in [-0.4, -0.2) is 70.6 Å². The monoisotopic (exact) mass is 487 g/mol. The fourth-order valence-corrected chi connectivity index (χ4v) is 4.52. The number of carbonyl (C=O) groups is 2. The number of rotatable bonds is 6. The fraction of sp³-hybridized carbons (Fsp3) is 0.345. The number of benzene rings is 2. The van der Waals surface area contributed by atoms with Crippen molar-refractivity contribution in [1.29, 1.82) is 0 Å². The van der Waals surface area contributed by atoms with Crippen molar-refractivity contribution in [3.05, 3.63) is 83.6 Å². The van der Waals surface area contributed by atoms with Crippen molar-refractivity contribution in [1.82, 2.24) is 14.8 Å². The molecule has 0 radical (unpaired) electrons. The van der Waals surface area contributed by atoms with Gasteiger partial charge in [0, 0.05) is 36.8 Å². The maximum absolute atomic E-state index is 13.7. The van der Waals surface area contributed by atoms with E-state index in [1.54, 1.807) is 35.2 Å². The summed E-state index contributed by atoms with van der Waals surface area (Å²) in [6.45, 7) is 6.38. The molecule has 1 aliphatic heterocycles. The van der Waals surface area contributed by atoms with Crippen LogP contribution >= 0.6 is 0 Å². The van der Waals surface area contributed by atoms with Crippen molar-refractivity contribution in [2.75, 3.05) is 26.7 Å². The Morgan fingerprint density at radius 2 is 1.86 bits per heavy atom. The molecule has 0 bridgehead atoms. The topological polar surface area (TPSA) is 83.0 Å². The van der Waals surface area contributed by atoms with E-state index in [2.05, 4.69) is 4.98 Å². The van der Waals surface area contributed by atoms with Gasteiger partial charge in [-0.1, -0.05) is 49.4 Å². The maximum atomic E-state index is 13.7. The third-order valence-corrected chi connectivity index (χ3v) is 6.80. The average Bonchev–Trinajstić information content (AvgIpc) is 2.90. The van der Waals surface area contributed by atoms with Crippen LogP contribution in [0.1, 0.15) is 40.1 Å². The Labute approximate surface area is 212 Å². The highest BCUT2D eigenvalue weighted by atomic mass is 16.5. The molecule has 0 aliphatic carbocycles. The Morgan fingerprint density at radius 3 is 2.56 bits per heavy atom. The third-order valence-electron chi connectivity index (χ3n) is 6.80. The number of aliphatic hydroxyl groups is 1. The minimum absolute atomic E-state index is 0.104. The number of ether oxygens (including phenoxy) is 1. The van der Waals surface area contributed by atoms with Crippen molar-refractivity contribution < 1.29 is 19.4 Å². The molecule has 4 rings (SSSR count). The lowest BCUT2D eigenvalue weighted by molar-refractivity contribution is 0.0313. The molecule has 0 saturated heterocycles. The predicted octanol–water partition coefficient (Wildman–Crippen LogP) is 4.05. The van der Waals surface area contributed by atoms with Gasteiger partial charge in [0.25, 0.3) is 11.8 Å². The van der Waals surface area contributed by atoms with Gasteiger partial charge in [0.15, 0.2) is 0 Å². The molecule has 1 N–H and O–H groups in total. The Bertz CT molecular complexity index is 1230. The zero-order valence-electron chi connectivity index (χ0n) is 21.2. The van der Waals surface area contributed by atoms with Gasteiger partial charge in [-0.25, -0.2) is 4.98 Å². The lowest BCUT2D eigenvalue weighted by Crippen LogP contribution is -2.50. The number of aliphatic hydroxyl groups excluding tert-OH is 1. The molecule has 7 nitrogen and oxygen atoms in total. The zero-order valence-corrected chi connectivity index (χ0v) is 21.2. The van der Waals surface area contributed by atoms with Crippen LogP contribution in [0.4, 0.5) is 0 Å². The number of likely N-dealkylation sites (N-methyl/N-ethyl adjacent to an activating group) is 1. The quantitative estimate of drug-likeness (QED) is 0.567. The van der Waals surface area contributed by atoms with Crippen LogP contribution in [0.2, 0.25) is 0 Å². The van der Waals surface area contributed by atoms with Gasteiger partial charge in [0.1, 0.15) is 11.7 Å². The summed E-state index contributed by atoms with van der Waals surface area (Å²) in [5.41, 5.74) is 3.84. The van der Waals surface area contributed by atoms with Crippen molar-refractivity contribution in [2.24, 2.45) is 5.92 Å². The van der Waals surface area contributed by atoms with Gasteiger partial charge in [-0.2, -0.15) is 0 Å². The summed E-state index contributed by atoms with van der Waals surface area (Å²) in [6, 6.07) is 18.5. The molecule has 1 aromatic heterocycles. The third kappa shape index (κ3) is 5.26. The Kier molecular flexibility index (Phi) is 7.70. The minimum Gasteiger partial charge on any atom is -0.472 e. The second kappa shape index (κ2) is 10.9. The van der Waals surface area contributed by atoms with Gasteiger partial charge in [0.05, 0.1) is 19.2 Å². The van der Waals surface area contributed by atoms with Crippen LogP contribution in [0.3, 0.4) is 0 Å². The highest BCUT2D eigenvalue weighted by molar-refractivity contribution is 5.98. The van der Waals surface area contributed by atoms with E-state index in [-0.39, 0.29) is 36.3 Å². The summed E-state index contributed by atoms with van der Waals surface area (Å²) in [7, 11) is 1.75. The molecule has 2 heterocycles. The standard InChI is InChI=1S/C29H33N3O4/c1-19-10-8-9-13-24(19)23-14-25-27(30-15-23)36-26(20(2)16-32(29(25)35)21(3)18-33)17-31(4)28(34)22-11-6-5-7-12-22/h5-15,20-21,26,33H,16-18H2,1-4H3/t20-,21-,26+/m1/s1. The molecular weight excluding hydrogens is 454 g/mol. The van der Waals surface area contributed by atoms with E-state index < -0.39 is 6.10 Å². The average molecular weight is 488 g/mol. The SMILES string of the molecule is Cc1ccccc1-c1cnc2c(c1)C(=O)N([C@H](C)CO)C[C@@H](C)[C@H](CN(C)C(=O)c1ccccc1)O2. The first-order chi connectivity index (χ1) is 17.3. The van der Waals surface area contributed by atoms with E-state index in [9.17, 15) is 14.7 Å². The van der Waals surface area contributed by atoms with E-state index in [0.29, 0.717) is 24.2 Å². The number of aryl methyl sites for hydroxylation is 1. The maximum Gasteiger partial charge on any atom is 0.259 e.